The van der Waals surface area contributed by atoms with Crippen LogP contribution in [-0.4, -0.2) is 54.5 Å². The SMILES string of the molecule is C[C@@H]1CN(C(=O)CN(C)Cc2ccccc2)C[C@@H](C)N1. The zero-order valence-electron chi connectivity index (χ0n) is 12.7. The lowest BCUT2D eigenvalue weighted by atomic mass is 10.1. The summed E-state index contributed by atoms with van der Waals surface area (Å²) < 4.78 is 0. The fourth-order valence-corrected chi connectivity index (χ4v) is 2.81. The van der Waals surface area contributed by atoms with Crippen LogP contribution >= 0.6 is 0 Å². The highest BCUT2D eigenvalue weighted by Crippen LogP contribution is 2.07. The number of piperazine rings is 1. The van der Waals surface area contributed by atoms with Gasteiger partial charge < -0.3 is 10.2 Å². The van der Waals surface area contributed by atoms with Crippen molar-refractivity contribution in [1.29, 1.82) is 0 Å². The van der Waals surface area contributed by atoms with E-state index in [1.807, 2.05) is 30.1 Å². The number of carbonyl (C=O) groups is 1. The van der Waals surface area contributed by atoms with E-state index in [1.165, 1.54) is 5.56 Å². The first-order chi connectivity index (χ1) is 9.54. The molecule has 4 nitrogen and oxygen atoms in total. The summed E-state index contributed by atoms with van der Waals surface area (Å²) >= 11 is 0. The third kappa shape index (κ3) is 4.32. The number of hydrogen-bond acceptors (Lipinski definition) is 3. The lowest BCUT2D eigenvalue weighted by Crippen LogP contribution is -2.57. The van der Waals surface area contributed by atoms with Crippen molar-refractivity contribution in [3.63, 3.8) is 0 Å². The molecule has 0 unspecified atom stereocenters. The Morgan fingerprint density at radius 1 is 1.25 bits per heavy atom. The van der Waals surface area contributed by atoms with E-state index in [9.17, 15) is 4.79 Å². The monoisotopic (exact) mass is 275 g/mol. The van der Waals surface area contributed by atoms with Crippen molar-refractivity contribution in [2.24, 2.45) is 0 Å². The van der Waals surface area contributed by atoms with E-state index in [-0.39, 0.29) is 5.91 Å². The Labute approximate surface area is 121 Å². The van der Waals surface area contributed by atoms with Crippen LogP contribution in [0.4, 0.5) is 0 Å². The van der Waals surface area contributed by atoms with Crippen LogP contribution in [0.3, 0.4) is 0 Å². The van der Waals surface area contributed by atoms with Gasteiger partial charge in [0.15, 0.2) is 0 Å². The number of benzene rings is 1. The Morgan fingerprint density at radius 2 is 1.85 bits per heavy atom. The van der Waals surface area contributed by atoms with Gasteiger partial charge in [0.1, 0.15) is 0 Å². The molecule has 1 saturated heterocycles. The lowest BCUT2D eigenvalue weighted by Gasteiger charge is -2.36. The standard InChI is InChI=1S/C16H25N3O/c1-13-9-19(10-14(2)17-13)16(20)12-18(3)11-15-7-5-4-6-8-15/h4-8,13-14,17H,9-12H2,1-3H3/t13-,14-/m1/s1. The molecule has 0 spiro atoms. The minimum atomic E-state index is 0.226. The van der Waals surface area contributed by atoms with Crippen molar-refractivity contribution in [3.8, 4) is 0 Å². The summed E-state index contributed by atoms with van der Waals surface area (Å²) in [5.41, 5.74) is 1.24. The van der Waals surface area contributed by atoms with Gasteiger partial charge in [0.25, 0.3) is 0 Å². The summed E-state index contributed by atoms with van der Waals surface area (Å²) in [4.78, 5) is 16.4. The summed E-state index contributed by atoms with van der Waals surface area (Å²) in [6.07, 6.45) is 0. The molecule has 4 heteroatoms. The first kappa shape index (κ1) is 15.0. The van der Waals surface area contributed by atoms with Gasteiger partial charge in [0.05, 0.1) is 6.54 Å². The topological polar surface area (TPSA) is 35.6 Å². The smallest absolute Gasteiger partial charge is 0.236 e. The van der Waals surface area contributed by atoms with E-state index in [2.05, 4.69) is 36.2 Å². The number of amides is 1. The largest absolute Gasteiger partial charge is 0.338 e. The molecule has 110 valence electrons. The number of likely N-dealkylation sites (N-methyl/N-ethyl adjacent to an activating group) is 1. The fraction of sp³-hybridized carbons (Fsp3) is 0.562. The van der Waals surface area contributed by atoms with E-state index in [0.29, 0.717) is 18.6 Å². The normalized spacial score (nSPS) is 23.1. The molecule has 1 heterocycles. The second-order valence-electron chi connectivity index (χ2n) is 5.93. The van der Waals surface area contributed by atoms with Crippen molar-refractivity contribution in [2.75, 3.05) is 26.7 Å². The molecule has 1 fully saturated rings. The summed E-state index contributed by atoms with van der Waals surface area (Å²) in [6.45, 7) is 7.16. The molecule has 1 aliphatic rings. The van der Waals surface area contributed by atoms with Gasteiger partial charge in [-0.2, -0.15) is 0 Å². The molecule has 0 bridgehead atoms. The number of rotatable bonds is 4. The predicted octanol–water partition coefficient (Wildman–Crippen LogP) is 1.33. The minimum Gasteiger partial charge on any atom is -0.338 e. The summed E-state index contributed by atoms with van der Waals surface area (Å²) in [7, 11) is 2.00. The molecule has 20 heavy (non-hydrogen) atoms. The molecule has 0 saturated carbocycles. The number of hydrogen-bond donors (Lipinski definition) is 1. The zero-order chi connectivity index (χ0) is 14.5. The Morgan fingerprint density at radius 3 is 2.45 bits per heavy atom. The van der Waals surface area contributed by atoms with Crippen molar-refractivity contribution >= 4 is 5.91 Å². The van der Waals surface area contributed by atoms with Crippen LogP contribution in [0.1, 0.15) is 19.4 Å². The molecule has 1 N–H and O–H groups in total. The molecule has 1 aromatic carbocycles. The third-order valence-electron chi connectivity index (χ3n) is 3.61. The molecule has 0 aromatic heterocycles. The molecular weight excluding hydrogens is 250 g/mol. The first-order valence-electron chi connectivity index (χ1n) is 7.31. The van der Waals surface area contributed by atoms with E-state index in [1.54, 1.807) is 0 Å². The maximum Gasteiger partial charge on any atom is 0.236 e. The van der Waals surface area contributed by atoms with Crippen molar-refractivity contribution in [3.05, 3.63) is 35.9 Å². The van der Waals surface area contributed by atoms with Gasteiger partial charge >= 0.3 is 0 Å². The van der Waals surface area contributed by atoms with Crippen LogP contribution < -0.4 is 5.32 Å². The molecule has 1 aliphatic heterocycles. The third-order valence-corrected chi connectivity index (χ3v) is 3.61. The maximum atomic E-state index is 12.3. The number of nitrogens with one attached hydrogen (secondary N) is 1. The average molecular weight is 275 g/mol. The minimum absolute atomic E-state index is 0.226. The van der Waals surface area contributed by atoms with Gasteiger partial charge in [-0.05, 0) is 26.5 Å². The first-order valence-corrected chi connectivity index (χ1v) is 7.31. The highest BCUT2D eigenvalue weighted by molar-refractivity contribution is 5.78. The second-order valence-corrected chi connectivity index (χ2v) is 5.93. The summed E-state index contributed by atoms with van der Waals surface area (Å²) in [6, 6.07) is 11.0. The van der Waals surface area contributed by atoms with E-state index in [4.69, 9.17) is 0 Å². The molecule has 1 aromatic rings. The molecule has 2 rings (SSSR count). The van der Waals surface area contributed by atoms with Crippen LogP contribution in [0.2, 0.25) is 0 Å². The fourth-order valence-electron chi connectivity index (χ4n) is 2.81. The second kappa shape index (κ2) is 6.86. The Hall–Kier alpha value is -1.39. The van der Waals surface area contributed by atoms with Crippen LogP contribution in [0, 0.1) is 0 Å². The zero-order valence-corrected chi connectivity index (χ0v) is 12.7. The van der Waals surface area contributed by atoms with Crippen LogP contribution in [0.15, 0.2) is 30.3 Å². The van der Waals surface area contributed by atoms with E-state index < -0.39 is 0 Å². The van der Waals surface area contributed by atoms with Gasteiger partial charge in [-0.3, -0.25) is 9.69 Å². The number of carbonyl (C=O) groups excluding carboxylic acids is 1. The highest BCUT2D eigenvalue weighted by Gasteiger charge is 2.25. The Bertz CT molecular complexity index is 425. The Balaban J connectivity index is 1.84. The van der Waals surface area contributed by atoms with Gasteiger partial charge in [-0.15, -0.1) is 0 Å². The maximum absolute atomic E-state index is 12.3. The van der Waals surface area contributed by atoms with Gasteiger partial charge in [-0.25, -0.2) is 0 Å². The molecule has 2 atom stereocenters. The van der Waals surface area contributed by atoms with E-state index in [0.717, 1.165) is 19.6 Å². The lowest BCUT2D eigenvalue weighted by molar-refractivity contribution is -0.134. The van der Waals surface area contributed by atoms with Crippen molar-refractivity contribution in [1.82, 2.24) is 15.1 Å². The molecule has 0 radical (unpaired) electrons. The van der Waals surface area contributed by atoms with Gasteiger partial charge in [0, 0.05) is 31.7 Å². The quantitative estimate of drug-likeness (QED) is 0.900. The van der Waals surface area contributed by atoms with Crippen LogP contribution in [0.5, 0.6) is 0 Å². The van der Waals surface area contributed by atoms with E-state index >= 15 is 0 Å². The molecule has 0 aliphatic carbocycles. The summed E-state index contributed by atoms with van der Waals surface area (Å²) in [5.74, 6) is 0.226. The highest BCUT2D eigenvalue weighted by atomic mass is 16.2. The van der Waals surface area contributed by atoms with Gasteiger partial charge in [0.2, 0.25) is 5.91 Å². The average Bonchev–Trinajstić information content (AvgIpc) is 2.38. The molecule has 1 amide bonds. The van der Waals surface area contributed by atoms with Gasteiger partial charge in [-0.1, -0.05) is 30.3 Å². The van der Waals surface area contributed by atoms with Crippen LogP contribution in [-0.2, 0) is 11.3 Å². The van der Waals surface area contributed by atoms with Crippen molar-refractivity contribution < 1.29 is 4.79 Å². The Kier molecular flexibility index (Phi) is 5.15. The summed E-state index contributed by atoms with van der Waals surface area (Å²) in [5, 5.41) is 3.45. The predicted molar refractivity (Wildman–Crippen MR) is 81.4 cm³/mol. The molecular formula is C16H25N3O. The number of nitrogens with zero attached hydrogens (tertiary/aromatic N) is 2. The van der Waals surface area contributed by atoms with Crippen molar-refractivity contribution in [2.45, 2.75) is 32.5 Å². The van der Waals surface area contributed by atoms with Crippen LogP contribution in [0.25, 0.3) is 0 Å².